The predicted octanol–water partition coefficient (Wildman–Crippen LogP) is 4.89. The van der Waals surface area contributed by atoms with Gasteiger partial charge in [0.15, 0.2) is 0 Å². The molecule has 0 radical (unpaired) electrons. The highest BCUT2D eigenvalue weighted by atomic mass is 32.2. The van der Waals surface area contributed by atoms with Crippen LogP contribution in [0.25, 0.3) is 22.2 Å². The number of sulfonamides is 1. The third-order valence-electron chi connectivity index (χ3n) is 8.40. The number of hydrogen-bond acceptors (Lipinski definition) is 6. The Morgan fingerprint density at radius 1 is 1.03 bits per heavy atom. The van der Waals surface area contributed by atoms with Gasteiger partial charge in [0.25, 0.3) is 0 Å². The van der Waals surface area contributed by atoms with E-state index in [1.807, 2.05) is 13.2 Å². The molecule has 0 atom stereocenters. The van der Waals surface area contributed by atoms with Crippen molar-refractivity contribution in [3.63, 3.8) is 0 Å². The van der Waals surface area contributed by atoms with Gasteiger partial charge in [-0.3, -0.25) is 0 Å². The molecule has 1 N–H and O–H groups in total. The monoisotopic (exact) mass is 540 g/mol. The molecule has 0 spiro atoms. The molecule has 3 aromatic rings. The van der Waals surface area contributed by atoms with Gasteiger partial charge in [0.2, 0.25) is 16.0 Å². The van der Waals surface area contributed by atoms with Crippen molar-refractivity contribution in [1.29, 1.82) is 0 Å². The van der Waals surface area contributed by atoms with Gasteiger partial charge < -0.3 is 14.8 Å². The van der Waals surface area contributed by atoms with Gasteiger partial charge in [0.1, 0.15) is 11.5 Å². The molecule has 0 amide bonds. The fraction of sp³-hybridized carbons (Fsp3) is 0.571. The van der Waals surface area contributed by atoms with Crippen LogP contribution in [0.4, 0.5) is 10.3 Å². The number of likely N-dealkylation sites (N-methyl/N-ethyl adjacent to an activating group) is 1. The summed E-state index contributed by atoms with van der Waals surface area (Å²) in [7, 11) is -1.78. The highest BCUT2D eigenvalue weighted by Crippen LogP contribution is 2.38. The molecule has 204 valence electrons. The molecule has 0 unspecified atom stereocenters. The first-order valence-electron chi connectivity index (χ1n) is 14.0. The maximum absolute atomic E-state index is 15.6. The topological polar surface area (TPSA) is 83.4 Å². The first-order chi connectivity index (χ1) is 18.4. The van der Waals surface area contributed by atoms with Gasteiger partial charge in [0.05, 0.1) is 4.90 Å². The van der Waals surface area contributed by atoms with Crippen molar-refractivity contribution in [2.24, 2.45) is 5.92 Å². The minimum atomic E-state index is -3.75. The van der Waals surface area contributed by atoms with Crippen LogP contribution in [0.1, 0.15) is 57.4 Å². The summed E-state index contributed by atoms with van der Waals surface area (Å²) in [4.78, 5) is 11.5. The third kappa shape index (κ3) is 5.18. The summed E-state index contributed by atoms with van der Waals surface area (Å²) in [5.74, 6) is 0.887. The summed E-state index contributed by atoms with van der Waals surface area (Å²) in [6, 6.07) is 4.61. The zero-order chi connectivity index (χ0) is 26.3. The van der Waals surface area contributed by atoms with E-state index in [4.69, 9.17) is 4.98 Å². The van der Waals surface area contributed by atoms with Crippen molar-refractivity contribution < 1.29 is 12.8 Å². The van der Waals surface area contributed by atoms with Crippen LogP contribution in [0.15, 0.2) is 35.5 Å². The van der Waals surface area contributed by atoms with Crippen LogP contribution in [0.3, 0.4) is 0 Å². The lowest BCUT2D eigenvalue weighted by Crippen LogP contribution is -2.47. The van der Waals surface area contributed by atoms with Gasteiger partial charge in [0, 0.05) is 67.7 Å². The van der Waals surface area contributed by atoms with E-state index in [-0.39, 0.29) is 4.90 Å². The van der Waals surface area contributed by atoms with E-state index in [2.05, 4.69) is 19.8 Å². The molecule has 1 aromatic carbocycles. The van der Waals surface area contributed by atoms with Crippen LogP contribution < -0.4 is 5.32 Å². The molecular formula is C28H37FN6O2S. The fourth-order valence-electron chi connectivity index (χ4n) is 5.81. The molecule has 10 heteroatoms. The SMILES string of the molecule is CN1CCN(S(=O)(=O)c2ccc(-c3cn(C4CCCCC4)c4nc(NCCC5CC5)ncc34)c(F)c2)CC1. The molecular weight excluding hydrogens is 503 g/mol. The first-order valence-corrected chi connectivity index (χ1v) is 15.4. The number of halogens is 1. The minimum Gasteiger partial charge on any atom is -0.354 e. The standard InChI is InChI=1S/C28H37FN6O2S/c1-33-13-15-34(16-14-33)38(36,37)22-9-10-23(26(29)17-22)25-19-35(21-5-3-2-4-6-21)27-24(25)18-31-28(32-27)30-12-11-20-7-8-20/h9-10,17-21H,2-8,11-16H2,1H3,(H,30,31,32). The summed E-state index contributed by atoms with van der Waals surface area (Å²) >= 11 is 0. The number of benzene rings is 1. The van der Waals surface area contributed by atoms with Gasteiger partial charge >= 0.3 is 0 Å². The number of hydrogen-bond donors (Lipinski definition) is 1. The average Bonchev–Trinajstić information content (AvgIpc) is 3.68. The van der Waals surface area contributed by atoms with Crippen molar-refractivity contribution >= 4 is 27.0 Å². The van der Waals surface area contributed by atoms with Gasteiger partial charge in [-0.1, -0.05) is 38.2 Å². The number of piperazine rings is 1. The average molecular weight is 541 g/mol. The van der Waals surface area contributed by atoms with E-state index in [0.717, 1.165) is 42.8 Å². The van der Waals surface area contributed by atoms with E-state index in [1.165, 1.54) is 48.5 Å². The smallest absolute Gasteiger partial charge is 0.243 e. The predicted molar refractivity (Wildman–Crippen MR) is 147 cm³/mol. The second kappa shape index (κ2) is 10.5. The number of nitrogens with one attached hydrogen (secondary N) is 1. The van der Waals surface area contributed by atoms with Gasteiger partial charge in [-0.2, -0.15) is 9.29 Å². The Hall–Kier alpha value is -2.56. The van der Waals surface area contributed by atoms with Crippen LogP contribution in [0, 0.1) is 11.7 Å². The lowest BCUT2D eigenvalue weighted by molar-refractivity contribution is 0.222. The molecule has 6 rings (SSSR count). The molecule has 8 nitrogen and oxygen atoms in total. The van der Waals surface area contributed by atoms with Crippen LogP contribution in [0.2, 0.25) is 0 Å². The van der Waals surface area contributed by atoms with Crippen molar-refractivity contribution in [3.8, 4) is 11.1 Å². The Bertz CT molecular complexity index is 1410. The molecule has 1 saturated heterocycles. The lowest BCUT2D eigenvalue weighted by atomic mass is 9.95. The fourth-order valence-corrected chi connectivity index (χ4v) is 7.25. The van der Waals surface area contributed by atoms with E-state index in [1.54, 1.807) is 12.3 Å². The quantitative estimate of drug-likeness (QED) is 0.438. The van der Waals surface area contributed by atoms with Crippen LogP contribution in [-0.2, 0) is 10.0 Å². The van der Waals surface area contributed by atoms with Crippen molar-refractivity contribution in [2.45, 2.75) is 62.3 Å². The van der Waals surface area contributed by atoms with Crippen LogP contribution >= 0.6 is 0 Å². The van der Waals surface area contributed by atoms with E-state index < -0.39 is 15.8 Å². The van der Waals surface area contributed by atoms with E-state index in [0.29, 0.717) is 49.3 Å². The molecule has 2 saturated carbocycles. The summed E-state index contributed by atoms with van der Waals surface area (Å²) in [5, 5.41) is 4.16. The molecule has 3 heterocycles. The Kier molecular flexibility index (Phi) is 7.13. The number of nitrogens with zero attached hydrogens (tertiary/aromatic N) is 5. The van der Waals surface area contributed by atoms with Gasteiger partial charge in [-0.05, 0) is 44.4 Å². The number of rotatable bonds is 8. The summed E-state index contributed by atoms with van der Waals surface area (Å²) < 4.78 is 45.7. The Morgan fingerprint density at radius 2 is 1.79 bits per heavy atom. The maximum Gasteiger partial charge on any atom is 0.243 e. The number of anilines is 1. The van der Waals surface area contributed by atoms with Gasteiger partial charge in [-0.25, -0.2) is 17.8 Å². The van der Waals surface area contributed by atoms with Crippen molar-refractivity contribution in [3.05, 3.63) is 36.4 Å². The highest BCUT2D eigenvalue weighted by molar-refractivity contribution is 7.89. The minimum absolute atomic E-state index is 0.00211. The Labute approximate surface area is 224 Å². The highest BCUT2D eigenvalue weighted by Gasteiger charge is 2.29. The first kappa shape index (κ1) is 25.7. The van der Waals surface area contributed by atoms with Crippen molar-refractivity contribution in [2.75, 3.05) is 45.1 Å². The largest absolute Gasteiger partial charge is 0.354 e. The van der Waals surface area contributed by atoms with Crippen LogP contribution in [0.5, 0.6) is 0 Å². The summed E-state index contributed by atoms with van der Waals surface area (Å²) in [5.41, 5.74) is 1.89. The maximum atomic E-state index is 15.6. The number of fused-ring (bicyclic) bond motifs is 1. The molecule has 38 heavy (non-hydrogen) atoms. The van der Waals surface area contributed by atoms with Crippen molar-refractivity contribution in [1.82, 2.24) is 23.7 Å². The third-order valence-corrected chi connectivity index (χ3v) is 10.3. The van der Waals surface area contributed by atoms with E-state index >= 15 is 4.39 Å². The molecule has 3 fully saturated rings. The molecule has 1 aliphatic heterocycles. The molecule has 2 aliphatic carbocycles. The zero-order valence-corrected chi connectivity index (χ0v) is 22.9. The second-order valence-electron chi connectivity index (χ2n) is 11.2. The Morgan fingerprint density at radius 3 is 2.50 bits per heavy atom. The molecule has 0 bridgehead atoms. The lowest BCUT2D eigenvalue weighted by Gasteiger charge is -2.31. The van der Waals surface area contributed by atoms with Gasteiger partial charge in [-0.15, -0.1) is 0 Å². The zero-order valence-electron chi connectivity index (χ0n) is 22.1. The molecule has 3 aliphatic rings. The summed E-state index contributed by atoms with van der Waals surface area (Å²) in [6.45, 7) is 3.00. The van der Waals surface area contributed by atoms with Crippen LogP contribution in [-0.4, -0.2) is 71.9 Å². The molecule has 2 aromatic heterocycles. The Balaban J connectivity index is 1.34. The normalized spacial score (nSPS) is 20.3. The number of aromatic nitrogens is 3. The second-order valence-corrected chi connectivity index (χ2v) is 13.1. The summed E-state index contributed by atoms with van der Waals surface area (Å²) in [6.07, 6.45) is 13.3. The van der Waals surface area contributed by atoms with E-state index in [9.17, 15) is 8.42 Å².